The van der Waals surface area contributed by atoms with Crippen LogP contribution in [0.2, 0.25) is 0 Å². The highest BCUT2D eigenvalue weighted by atomic mass is 16.5. The van der Waals surface area contributed by atoms with Crippen LogP contribution in [0.5, 0.6) is 0 Å². The summed E-state index contributed by atoms with van der Waals surface area (Å²) in [7, 11) is 0. The number of nitrogens with zero attached hydrogens (tertiary/aromatic N) is 1. The Morgan fingerprint density at radius 2 is 1.81 bits per heavy atom. The molecule has 6 rings (SSSR count). The minimum atomic E-state index is -0.136. The molecular weight excluding hydrogens is 394 g/mol. The molecule has 0 spiro atoms. The van der Waals surface area contributed by atoms with Gasteiger partial charge in [0, 0.05) is 30.7 Å². The number of allylic oxidation sites excluding steroid dienone is 3. The number of rotatable bonds is 2. The van der Waals surface area contributed by atoms with Gasteiger partial charge in [-0.2, -0.15) is 0 Å². The molecule has 168 valence electrons. The number of carbonyl (C=O) groups is 1. The van der Waals surface area contributed by atoms with Crippen molar-refractivity contribution in [3.8, 4) is 0 Å². The van der Waals surface area contributed by atoms with Crippen LogP contribution in [0.3, 0.4) is 0 Å². The van der Waals surface area contributed by atoms with Crippen molar-refractivity contribution < 1.29 is 9.53 Å². The monoisotopic (exact) mass is 429 g/mol. The Kier molecular flexibility index (Phi) is 4.51. The minimum absolute atomic E-state index is 0.0824. The zero-order valence-corrected chi connectivity index (χ0v) is 19.6. The molecule has 0 aliphatic heterocycles. The minimum Gasteiger partial charge on any atom is -0.462 e. The lowest BCUT2D eigenvalue weighted by Gasteiger charge is -2.57. The first-order valence-electron chi connectivity index (χ1n) is 12.5. The van der Waals surface area contributed by atoms with Crippen molar-refractivity contribution >= 4 is 22.6 Å². The highest BCUT2D eigenvalue weighted by molar-refractivity contribution is 5.84. The van der Waals surface area contributed by atoms with Gasteiger partial charge in [0.05, 0.1) is 5.52 Å². The Morgan fingerprint density at radius 1 is 1.00 bits per heavy atom. The molecule has 0 saturated heterocycles. The van der Waals surface area contributed by atoms with Crippen LogP contribution in [0.15, 0.2) is 54.3 Å². The number of ether oxygens (including phenoxy) is 1. The second-order valence-electron chi connectivity index (χ2n) is 11.3. The van der Waals surface area contributed by atoms with Crippen LogP contribution in [0.25, 0.3) is 16.6 Å². The molecule has 6 atom stereocenters. The Labute approximate surface area is 191 Å². The van der Waals surface area contributed by atoms with Crippen molar-refractivity contribution in [1.82, 2.24) is 4.57 Å². The summed E-state index contributed by atoms with van der Waals surface area (Å²) in [5, 5.41) is 1.33. The van der Waals surface area contributed by atoms with Gasteiger partial charge in [-0.3, -0.25) is 4.79 Å². The Hall–Kier alpha value is -2.29. The predicted octanol–water partition coefficient (Wildman–Crippen LogP) is 6.99. The molecule has 0 radical (unpaired) electrons. The number of carbonyl (C=O) groups excluding carboxylic acids is 1. The number of aromatic nitrogens is 1. The lowest BCUT2D eigenvalue weighted by molar-refractivity contribution is -0.148. The quantitative estimate of drug-likeness (QED) is 0.381. The fraction of sp³-hybridized carbons (Fsp3) is 0.552. The van der Waals surface area contributed by atoms with Crippen LogP contribution < -0.4 is 0 Å². The second kappa shape index (κ2) is 7.10. The molecule has 3 heteroatoms. The van der Waals surface area contributed by atoms with Crippen molar-refractivity contribution in [2.75, 3.05) is 0 Å². The molecule has 2 aromatic rings. The normalized spacial score (nSPS) is 38.3. The van der Waals surface area contributed by atoms with Crippen molar-refractivity contribution in [1.29, 1.82) is 0 Å². The third-order valence-electron chi connectivity index (χ3n) is 9.79. The van der Waals surface area contributed by atoms with E-state index >= 15 is 0 Å². The maximum atomic E-state index is 11.5. The van der Waals surface area contributed by atoms with Gasteiger partial charge >= 0.3 is 5.97 Å². The van der Waals surface area contributed by atoms with Crippen molar-refractivity contribution in [3.63, 3.8) is 0 Å². The highest BCUT2D eigenvalue weighted by Crippen LogP contribution is 2.65. The van der Waals surface area contributed by atoms with E-state index in [4.69, 9.17) is 4.74 Å². The fourth-order valence-electron chi connectivity index (χ4n) is 8.17. The molecule has 3 nitrogen and oxygen atoms in total. The lowest BCUT2D eigenvalue weighted by Crippen LogP contribution is -2.50. The summed E-state index contributed by atoms with van der Waals surface area (Å²) >= 11 is 0. The lowest BCUT2D eigenvalue weighted by atomic mass is 9.47. The van der Waals surface area contributed by atoms with E-state index in [1.165, 1.54) is 42.3 Å². The zero-order chi connectivity index (χ0) is 22.1. The SMILES string of the molecule is CC(=O)O[C@H]1CC[C@@]2(C)C(=CC[C@@H]3[C@@H]2CC[C@]2(C)C(n4ccc5ccccc54)=CC[C@@H]32)C1. The average molecular weight is 430 g/mol. The Balaban J connectivity index is 1.30. The number of fused-ring (bicyclic) bond motifs is 6. The first-order chi connectivity index (χ1) is 15.4. The van der Waals surface area contributed by atoms with Crippen LogP contribution in [-0.2, 0) is 9.53 Å². The molecule has 1 aromatic carbocycles. The molecule has 4 aliphatic carbocycles. The molecular formula is C29H35NO2. The largest absolute Gasteiger partial charge is 0.462 e. The summed E-state index contributed by atoms with van der Waals surface area (Å²) in [6.07, 6.45) is 15.6. The number of hydrogen-bond acceptors (Lipinski definition) is 2. The molecule has 0 amide bonds. The van der Waals surface area contributed by atoms with Gasteiger partial charge in [0.15, 0.2) is 0 Å². The molecule has 0 N–H and O–H groups in total. The maximum Gasteiger partial charge on any atom is 0.302 e. The van der Waals surface area contributed by atoms with Crippen LogP contribution in [0.1, 0.15) is 65.7 Å². The number of para-hydroxylation sites is 1. The van der Waals surface area contributed by atoms with Gasteiger partial charge in [-0.25, -0.2) is 0 Å². The molecule has 2 saturated carbocycles. The Bertz CT molecular complexity index is 1140. The average Bonchev–Trinajstić information content (AvgIpc) is 3.34. The highest BCUT2D eigenvalue weighted by Gasteiger charge is 2.57. The van der Waals surface area contributed by atoms with Crippen molar-refractivity contribution in [3.05, 3.63) is 54.3 Å². The van der Waals surface area contributed by atoms with E-state index < -0.39 is 0 Å². The van der Waals surface area contributed by atoms with E-state index in [2.05, 4.69) is 67.1 Å². The summed E-state index contributed by atoms with van der Waals surface area (Å²) < 4.78 is 8.08. The molecule has 0 bridgehead atoms. The third-order valence-corrected chi connectivity index (χ3v) is 9.79. The van der Waals surface area contributed by atoms with E-state index in [9.17, 15) is 4.79 Å². The molecule has 1 heterocycles. The summed E-state index contributed by atoms with van der Waals surface area (Å²) in [6, 6.07) is 11.0. The van der Waals surface area contributed by atoms with Gasteiger partial charge in [0.1, 0.15) is 6.10 Å². The number of hydrogen-bond donors (Lipinski definition) is 0. The van der Waals surface area contributed by atoms with Crippen LogP contribution in [-0.4, -0.2) is 16.6 Å². The van der Waals surface area contributed by atoms with E-state index in [0.717, 1.165) is 37.0 Å². The maximum absolute atomic E-state index is 11.5. The molecule has 1 aromatic heterocycles. The molecule has 32 heavy (non-hydrogen) atoms. The first-order valence-corrected chi connectivity index (χ1v) is 12.5. The summed E-state index contributed by atoms with van der Waals surface area (Å²) in [4.78, 5) is 11.5. The summed E-state index contributed by atoms with van der Waals surface area (Å²) in [6.45, 7) is 6.60. The smallest absolute Gasteiger partial charge is 0.302 e. The number of benzene rings is 1. The summed E-state index contributed by atoms with van der Waals surface area (Å²) in [5.74, 6) is 2.10. The van der Waals surface area contributed by atoms with E-state index in [0.29, 0.717) is 0 Å². The van der Waals surface area contributed by atoms with E-state index in [1.54, 1.807) is 12.5 Å². The van der Waals surface area contributed by atoms with Gasteiger partial charge < -0.3 is 9.30 Å². The Morgan fingerprint density at radius 3 is 2.66 bits per heavy atom. The molecule has 0 unspecified atom stereocenters. The van der Waals surface area contributed by atoms with Gasteiger partial charge in [-0.15, -0.1) is 0 Å². The van der Waals surface area contributed by atoms with Crippen LogP contribution in [0.4, 0.5) is 0 Å². The third kappa shape index (κ3) is 2.82. The zero-order valence-electron chi connectivity index (χ0n) is 19.6. The van der Waals surface area contributed by atoms with Gasteiger partial charge in [0.2, 0.25) is 0 Å². The topological polar surface area (TPSA) is 31.2 Å². The summed E-state index contributed by atoms with van der Waals surface area (Å²) in [5.41, 5.74) is 4.97. The van der Waals surface area contributed by atoms with Crippen LogP contribution in [0, 0.1) is 28.6 Å². The predicted molar refractivity (Wildman–Crippen MR) is 129 cm³/mol. The molecule has 2 fully saturated rings. The van der Waals surface area contributed by atoms with E-state index in [1.807, 2.05) is 0 Å². The van der Waals surface area contributed by atoms with Crippen LogP contribution >= 0.6 is 0 Å². The van der Waals surface area contributed by atoms with Crippen molar-refractivity contribution in [2.24, 2.45) is 28.6 Å². The van der Waals surface area contributed by atoms with Gasteiger partial charge in [0.25, 0.3) is 0 Å². The van der Waals surface area contributed by atoms with Gasteiger partial charge in [-0.1, -0.05) is 49.8 Å². The molecule has 4 aliphatic rings. The first kappa shape index (κ1) is 20.3. The second-order valence-corrected chi connectivity index (χ2v) is 11.3. The van der Waals surface area contributed by atoms with Crippen molar-refractivity contribution in [2.45, 2.75) is 71.8 Å². The fourth-order valence-corrected chi connectivity index (χ4v) is 8.17. The standard InChI is InChI=1S/C29H35NO2/c1-19(31)32-22-12-15-28(2)21(18-22)8-9-23-24-10-11-27(29(24,3)16-13-25(23)28)30-17-14-20-6-4-5-7-26(20)30/h4-8,11,14,17,22-25H,9-10,12-13,15-16,18H2,1-3H3/t22-,23-,24-,25-,28-,29-/m0/s1. The van der Waals surface area contributed by atoms with E-state index in [-0.39, 0.29) is 22.9 Å². The number of esters is 1. The van der Waals surface area contributed by atoms with Gasteiger partial charge in [-0.05, 0) is 79.2 Å².